The highest BCUT2D eigenvalue weighted by Gasteiger charge is 2.31. The van der Waals surface area contributed by atoms with Crippen LogP contribution in [0.15, 0.2) is 71.7 Å². The summed E-state index contributed by atoms with van der Waals surface area (Å²) in [5.74, 6) is -0.396. The summed E-state index contributed by atoms with van der Waals surface area (Å²) < 4.78 is 55.8. The number of aromatic nitrogens is 2. The molecule has 0 saturated heterocycles. The predicted molar refractivity (Wildman–Crippen MR) is 131 cm³/mol. The van der Waals surface area contributed by atoms with Crippen LogP contribution in [0.25, 0.3) is 16.6 Å². The molecule has 1 amide bonds. The molecule has 2 atom stereocenters. The maximum Gasteiger partial charge on any atom is 0.416 e. The fourth-order valence-corrected chi connectivity index (χ4v) is 4.85. The molecule has 0 saturated carbocycles. The van der Waals surface area contributed by atoms with E-state index in [1.807, 2.05) is 6.07 Å². The van der Waals surface area contributed by atoms with Gasteiger partial charge in [0.2, 0.25) is 0 Å². The zero-order valence-corrected chi connectivity index (χ0v) is 19.8. The second-order valence-corrected chi connectivity index (χ2v) is 9.12. The number of fused-ring (bicyclic) bond motifs is 3. The van der Waals surface area contributed by atoms with Gasteiger partial charge in [0.1, 0.15) is 6.17 Å². The topological polar surface area (TPSA) is 64.0 Å². The van der Waals surface area contributed by atoms with Gasteiger partial charge in [0, 0.05) is 34.0 Å². The Kier molecular flexibility index (Phi) is 6.31. The largest absolute Gasteiger partial charge is 0.416 e. The average Bonchev–Trinajstić information content (AvgIpc) is 2.89. The van der Waals surface area contributed by atoms with Crippen LogP contribution in [0.2, 0.25) is 0 Å². The number of pyridine rings is 2. The van der Waals surface area contributed by atoms with Crippen molar-refractivity contribution in [1.29, 1.82) is 0 Å². The molecule has 0 fully saturated rings. The Bertz CT molecular complexity index is 1530. The van der Waals surface area contributed by atoms with Crippen LogP contribution in [0, 0.1) is 0 Å². The van der Waals surface area contributed by atoms with E-state index < -0.39 is 29.4 Å². The van der Waals surface area contributed by atoms with Crippen LogP contribution < -0.4 is 10.9 Å². The molecule has 1 aliphatic rings. The number of hydrogen-bond donors (Lipinski definition) is 1. The summed E-state index contributed by atoms with van der Waals surface area (Å²) in [6.45, 7) is 1.79. The molecular weight excluding hydrogens is 486 g/mol. The van der Waals surface area contributed by atoms with E-state index in [0.717, 1.165) is 12.1 Å². The normalized spacial score (nSPS) is 16.3. The van der Waals surface area contributed by atoms with Gasteiger partial charge in [-0.15, -0.1) is 0 Å². The average molecular weight is 510 g/mol. The fraction of sp³-hybridized carbons (Fsp3) is 0.250. The van der Waals surface area contributed by atoms with E-state index in [4.69, 9.17) is 0 Å². The van der Waals surface area contributed by atoms with Gasteiger partial charge in [-0.3, -0.25) is 19.1 Å². The van der Waals surface area contributed by atoms with Crippen LogP contribution in [0.1, 0.15) is 64.7 Å². The summed E-state index contributed by atoms with van der Waals surface area (Å²) in [6, 6.07) is 13.9. The third-order valence-corrected chi connectivity index (χ3v) is 6.71. The van der Waals surface area contributed by atoms with Gasteiger partial charge in [0.25, 0.3) is 11.5 Å². The van der Waals surface area contributed by atoms with Gasteiger partial charge in [-0.25, -0.2) is 4.39 Å². The van der Waals surface area contributed by atoms with Crippen LogP contribution >= 0.6 is 0 Å². The van der Waals surface area contributed by atoms with Gasteiger partial charge < -0.3 is 5.32 Å². The standard InChI is InChI=1S/C28H23F4N3O2/c1-16(23-7-2-3-14-33-23)34-26(36)17-8-13-24-21(15-17)25-20(5-4-6-22(25)29)27(37)35(24)19-11-9-18(10-12-19)28(30,31)32/h2-3,7-16,22H,4-6H2,1H3,(H,34,36)/t16-,22?/m0/s1. The van der Waals surface area contributed by atoms with Crippen molar-refractivity contribution < 1.29 is 22.4 Å². The van der Waals surface area contributed by atoms with E-state index in [1.54, 1.807) is 31.3 Å². The first-order chi connectivity index (χ1) is 17.6. The molecule has 1 unspecified atom stereocenters. The second kappa shape index (κ2) is 9.46. The summed E-state index contributed by atoms with van der Waals surface area (Å²) in [4.78, 5) is 30.8. The van der Waals surface area contributed by atoms with E-state index >= 15 is 4.39 Å². The Morgan fingerprint density at radius 2 is 1.86 bits per heavy atom. The van der Waals surface area contributed by atoms with Crippen molar-refractivity contribution in [2.45, 2.75) is 44.6 Å². The van der Waals surface area contributed by atoms with E-state index in [9.17, 15) is 22.8 Å². The van der Waals surface area contributed by atoms with Crippen molar-refractivity contribution in [2.24, 2.45) is 0 Å². The number of nitrogens with one attached hydrogen (secondary N) is 1. The van der Waals surface area contributed by atoms with Crippen molar-refractivity contribution in [3.8, 4) is 5.69 Å². The van der Waals surface area contributed by atoms with E-state index in [-0.39, 0.29) is 34.8 Å². The Hall–Kier alpha value is -4.01. The molecule has 0 spiro atoms. The Morgan fingerprint density at radius 3 is 2.54 bits per heavy atom. The molecule has 2 heterocycles. The molecule has 9 heteroatoms. The molecule has 5 rings (SSSR count). The van der Waals surface area contributed by atoms with Crippen LogP contribution in [0.4, 0.5) is 17.6 Å². The molecule has 0 radical (unpaired) electrons. The summed E-state index contributed by atoms with van der Waals surface area (Å²) in [5.41, 5.74) is 0.728. The Labute approximate surface area is 209 Å². The highest BCUT2D eigenvalue weighted by molar-refractivity contribution is 5.99. The van der Waals surface area contributed by atoms with Crippen molar-refractivity contribution in [3.05, 3.63) is 105 Å². The van der Waals surface area contributed by atoms with Gasteiger partial charge >= 0.3 is 6.18 Å². The van der Waals surface area contributed by atoms with Crippen molar-refractivity contribution in [1.82, 2.24) is 14.9 Å². The van der Waals surface area contributed by atoms with Gasteiger partial charge in [-0.1, -0.05) is 6.07 Å². The number of hydrogen-bond acceptors (Lipinski definition) is 3. The van der Waals surface area contributed by atoms with Crippen molar-refractivity contribution >= 4 is 16.8 Å². The summed E-state index contributed by atoms with van der Waals surface area (Å²) >= 11 is 0. The molecule has 5 nitrogen and oxygen atoms in total. The summed E-state index contributed by atoms with van der Waals surface area (Å²) in [5, 5.41) is 3.26. The quantitative estimate of drug-likeness (QED) is 0.331. The number of amides is 1. The molecule has 4 aromatic rings. The molecule has 190 valence electrons. The molecular formula is C28H23F4N3O2. The van der Waals surface area contributed by atoms with Crippen LogP contribution in [0.5, 0.6) is 0 Å². The number of alkyl halides is 4. The zero-order chi connectivity index (χ0) is 26.3. The van der Waals surface area contributed by atoms with Gasteiger partial charge in [0.05, 0.1) is 22.8 Å². The number of benzene rings is 2. The number of carbonyl (C=O) groups is 1. The molecule has 37 heavy (non-hydrogen) atoms. The molecule has 1 aliphatic carbocycles. The number of carbonyl (C=O) groups excluding carboxylic acids is 1. The third-order valence-electron chi connectivity index (χ3n) is 6.71. The maximum absolute atomic E-state index is 15.2. The maximum atomic E-state index is 15.2. The lowest BCUT2D eigenvalue weighted by Crippen LogP contribution is -2.29. The third kappa shape index (κ3) is 4.61. The number of halogens is 4. The lowest BCUT2D eigenvalue weighted by Gasteiger charge is -2.24. The van der Waals surface area contributed by atoms with Crippen LogP contribution in [0.3, 0.4) is 0 Å². The summed E-state index contributed by atoms with van der Waals surface area (Å²) in [6.07, 6.45) is -3.20. The smallest absolute Gasteiger partial charge is 0.344 e. The Morgan fingerprint density at radius 1 is 1.11 bits per heavy atom. The molecule has 2 aromatic carbocycles. The number of nitrogens with zero attached hydrogens (tertiary/aromatic N) is 2. The minimum atomic E-state index is -4.52. The minimum absolute atomic E-state index is 0.229. The second-order valence-electron chi connectivity index (χ2n) is 9.12. The molecule has 2 aromatic heterocycles. The SMILES string of the molecule is C[C@H](NC(=O)c1ccc2c(c1)c1c(c(=O)n2-c2ccc(C(F)(F)F)cc2)CCCC1F)c1ccccn1. The lowest BCUT2D eigenvalue weighted by molar-refractivity contribution is -0.137. The highest BCUT2D eigenvalue weighted by atomic mass is 19.4. The summed E-state index contributed by atoms with van der Waals surface area (Å²) in [7, 11) is 0. The molecule has 0 aliphatic heterocycles. The first-order valence-corrected chi connectivity index (χ1v) is 11.9. The van der Waals surface area contributed by atoms with Gasteiger partial charge in [-0.05, 0) is 80.8 Å². The van der Waals surface area contributed by atoms with E-state index in [1.165, 1.54) is 28.8 Å². The van der Waals surface area contributed by atoms with Gasteiger partial charge in [0.15, 0.2) is 0 Å². The first kappa shape index (κ1) is 24.7. The van der Waals surface area contributed by atoms with Crippen molar-refractivity contribution in [2.75, 3.05) is 0 Å². The van der Waals surface area contributed by atoms with Crippen LogP contribution in [-0.4, -0.2) is 15.5 Å². The Balaban J connectivity index is 1.63. The fourth-order valence-electron chi connectivity index (χ4n) is 4.85. The van der Waals surface area contributed by atoms with Gasteiger partial charge in [-0.2, -0.15) is 13.2 Å². The zero-order valence-electron chi connectivity index (χ0n) is 19.8. The molecule has 1 N–H and O–H groups in total. The van der Waals surface area contributed by atoms with E-state index in [0.29, 0.717) is 29.4 Å². The lowest BCUT2D eigenvalue weighted by atomic mass is 9.87. The van der Waals surface area contributed by atoms with Crippen molar-refractivity contribution in [3.63, 3.8) is 0 Å². The highest BCUT2D eigenvalue weighted by Crippen LogP contribution is 2.37. The monoisotopic (exact) mass is 509 g/mol. The molecule has 0 bridgehead atoms. The number of rotatable bonds is 4. The van der Waals surface area contributed by atoms with E-state index in [2.05, 4.69) is 10.3 Å². The van der Waals surface area contributed by atoms with Crippen LogP contribution in [-0.2, 0) is 12.6 Å². The predicted octanol–water partition coefficient (Wildman–Crippen LogP) is 6.24. The first-order valence-electron chi connectivity index (χ1n) is 11.9. The minimum Gasteiger partial charge on any atom is -0.344 e.